The van der Waals surface area contributed by atoms with Crippen LogP contribution in [0.2, 0.25) is 0 Å². The normalized spacial score (nSPS) is 22.8. The average molecular weight is 431 g/mol. The van der Waals surface area contributed by atoms with Crippen LogP contribution >= 0.6 is 0 Å². The van der Waals surface area contributed by atoms with E-state index in [0.717, 1.165) is 17.5 Å². The van der Waals surface area contributed by atoms with Crippen molar-refractivity contribution in [3.63, 3.8) is 0 Å². The van der Waals surface area contributed by atoms with Crippen LogP contribution in [0.4, 0.5) is 13.2 Å². The van der Waals surface area contributed by atoms with Gasteiger partial charge < -0.3 is 14.8 Å². The van der Waals surface area contributed by atoms with E-state index in [1.54, 1.807) is 11.1 Å². The van der Waals surface area contributed by atoms with E-state index in [1.807, 2.05) is 42.5 Å². The summed E-state index contributed by atoms with van der Waals surface area (Å²) in [5.74, 6) is 1.80. The van der Waals surface area contributed by atoms with Crippen LogP contribution in [-0.4, -0.2) is 35.6 Å². The van der Waals surface area contributed by atoms with Gasteiger partial charge in [-0.3, -0.25) is 5.01 Å². The number of alkyl halides is 3. The zero-order chi connectivity index (χ0) is 21.6. The summed E-state index contributed by atoms with van der Waals surface area (Å²) in [7, 11) is 0. The lowest BCUT2D eigenvalue weighted by molar-refractivity contribution is -0.220. The molecular formula is C23H24F3N3O2. The highest BCUT2D eigenvalue weighted by molar-refractivity contribution is 5.44. The number of hydrogen-bond acceptors (Lipinski definition) is 5. The van der Waals surface area contributed by atoms with Crippen LogP contribution in [0.5, 0.6) is 11.5 Å². The van der Waals surface area contributed by atoms with Crippen molar-refractivity contribution in [3.05, 3.63) is 71.1 Å². The molecule has 31 heavy (non-hydrogen) atoms. The SMILES string of the molecule is CCc1ccc([C@H]2C[C@@H](C(F)(F)F)N3C(=CCN3Cc3ccc4c(c3)OCO4)N2)cc1. The van der Waals surface area contributed by atoms with Gasteiger partial charge in [0.1, 0.15) is 11.9 Å². The molecule has 2 aromatic carbocycles. The molecule has 5 rings (SSSR count). The van der Waals surface area contributed by atoms with Crippen LogP contribution in [0.15, 0.2) is 54.4 Å². The number of ether oxygens (including phenoxy) is 2. The molecule has 164 valence electrons. The fraction of sp³-hybridized carbons (Fsp3) is 0.391. The Kier molecular flexibility index (Phi) is 4.97. The maximum absolute atomic E-state index is 14.1. The zero-order valence-corrected chi connectivity index (χ0v) is 17.2. The largest absolute Gasteiger partial charge is 0.454 e. The fourth-order valence-corrected chi connectivity index (χ4v) is 4.44. The predicted molar refractivity (Wildman–Crippen MR) is 109 cm³/mol. The third kappa shape index (κ3) is 3.80. The quantitative estimate of drug-likeness (QED) is 0.771. The molecule has 0 aromatic heterocycles. The van der Waals surface area contributed by atoms with Gasteiger partial charge in [0.05, 0.1) is 6.04 Å². The van der Waals surface area contributed by atoms with Crippen molar-refractivity contribution >= 4 is 0 Å². The van der Waals surface area contributed by atoms with Crippen molar-refractivity contribution in [2.75, 3.05) is 13.3 Å². The fourth-order valence-electron chi connectivity index (χ4n) is 4.44. The third-order valence-corrected chi connectivity index (χ3v) is 6.09. The second kappa shape index (κ2) is 7.67. The highest BCUT2D eigenvalue weighted by Gasteiger charge is 2.51. The molecular weight excluding hydrogens is 407 g/mol. The van der Waals surface area contributed by atoms with Crippen LogP contribution < -0.4 is 14.8 Å². The van der Waals surface area contributed by atoms with Gasteiger partial charge in [-0.1, -0.05) is 37.3 Å². The zero-order valence-electron chi connectivity index (χ0n) is 17.2. The first-order chi connectivity index (χ1) is 14.9. The summed E-state index contributed by atoms with van der Waals surface area (Å²) in [6.07, 6.45) is -1.67. The molecule has 1 saturated heterocycles. The number of benzene rings is 2. The molecule has 0 amide bonds. The minimum Gasteiger partial charge on any atom is -0.454 e. The van der Waals surface area contributed by atoms with Gasteiger partial charge in [-0.25, -0.2) is 5.01 Å². The molecule has 5 nitrogen and oxygen atoms in total. The highest BCUT2D eigenvalue weighted by atomic mass is 19.4. The first-order valence-electron chi connectivity index (χ1n) is 10.5. The van der Waals surface area contributed by atoms with Crippen molar-refractivity contribution in [1.29, 1.82) is 0 Å². The number of nitrogens with one attached hydrogen (secondary N) is 1. The van der Waals surface area contributed by atoms with E-state index in [1.165, 1.54) is 10.6 Å². The topological polar surface area (TPSA) is 37.0 Å². The van der Waals surface area contributed by atoms with Gasteiger partial charge in [-0.2, -0.15) is 13.2 Å². The number of hydrazine groups is 1. The van der Waals surface area contributed by atoms with Gasteiger partial charge in [0, 0.05) is 19.5 Å². The van der Waals surface area contributed by atoms with E-state index < -0.39 is 12.2 Å². The minimum absolute atomic E-state index is 0.0516. The molecule has 3 heterocycles. The van der Waals surface area contributed by atoms with E-state index in [4.69, 9.17) is 9.47 Å². The summed E-state index contributed by atoms with van der Waals surface area (Å²) in [6.45, 7) is 2.98. The maximum atomic E-state index is 14.1. The monoisotopic (exact) mass is 431 g/mol. The molecule has 0 spiro atoms. The minimum atomic E-state index is -4.35. The first kappa shape index (κ1) is 20.1. The van der Waals surface area contributed by atoms with Crippen LogP contribution in [0.1, 0.15) is 36.1 Å². The molecule has 3 aliphatic rings. The van der Waals surface area contributed by atoms with Gasteiger partial charge >= 0.3 is 6.18 Å². The molecule has 1 N–H and O–H groups in total. The molecule has 1 fully saturated rings. The Balaban J connectivity index is 1.38. The summed E-state index contributed by atoms with van der Waals surface area (Å²) < 4.78 is 53.1. The third-order valence-electron chi connectivity index (χ3n) is 6.09. The van der Waals surface area contributed by atoms with Crippen LogP contribution in [-0.2, 0) is 13.0 Å². The Bertz CT molecular complexity index is 991. The molecule has 3 aliphatic heterocycles. The van der Waals surface area contributed by atoms with Gasteiger partial charge in [0.15, 0.2) is 11.5 Å². The highest BCUT2D eigenvalue weighted by Crippen LogP contribution is 2.41. The van der Waals surface area contributed by atoms with E-state index in [-0.39, 0.29) is 19.3 Å². The standard InChI is InChI=1S/C23H24F3N3O2/c1-2-15-3-6-17(7-4-15)18-12-21(23(24,25)26)29-22(27-18)9-10-28(29)13-16-5-8-19-20(11-16)31-14-30-19/h3-9,11,18,21,27H,2,10,12-14H2,1H3/t18-,21+/m1/s1. The average Bonchev–Trinajstić information content (AvgIpc) is 3.39. The van der Waals surface area contributed by atoms with Crippen LogP contribution in [0.25, 0.3) is 0 Å². The van der Waals surface area contributed by atoms with Crippen molar-refractivity contribution in [1.82, 2.24) is 15.3 Å². The molecule has 8 heteroatoms. The smallest absolute Gasteiger partial charge is 0.410 e. The Hall–Kier alpha value is -2.87. The van der Waals surface area contributed by atoms with Crippen molar-refractivity contribution < 1.29 is 22.6 Å². The molecule has 0 aliphatic carbocycles. The summed E-state index contributed by atoms with van der Waals surface area (Å²) in [5.41, 5.74) is 2.92. The Morgan fingerprint density at radius 1 is 1.03 bits per heavy atom. The van der Waals surface area contributed by atoms with E-state index >= 15 is 0 Å². The van der Waals surface area contributed by atoms with Crippen LogP contribution in [0.3, 0.4) is 0 Å². The van der Waals surface area contributed by atoms with E-state index in [9.17, 15) is 13.2 Å². The van der Waals surface area contributed by atoms with Crippen molar-refractivity contribution in [2.45, 2.75) is 44.6 Å². The van der Waals surface area contributed by atoms with E-state index in [0.29, 0.717) is 30.4 Å². The number of rotatable bonds is 4. The predicted octanol–water partition coefficient (Wildman–Crippen LogP) is 4.52. The molecule has 0 radical (unpaired) electrons. The Morgan fingerprint density at radius 3 is 2.52 bits per heavy atom. The Labute approximate surface area is 179 Å². The summed E-state index contributed by atoms with van der Waals surface area (Å²) >= 11 is 0. The summed E-state index contributed by atoms with van der Waals surface area (Å²) in [4.78, 5) is 0. The maximum Gasteiger partial charge on any atom is 0.410 e. The van der Waals surface area contributed by atoms with Crippen LogP contribution in [0, 0.1) is 0 Å². The lowest BCUT2D eigenvalue weighted by Gasteiger charge is -2.45. The second-order valence-electron chi connectivity index (χ2n) is 8.05. The summed E-state index contributed by atoms with van der Waals surface area (Å²) in [5, 5.41) is 6.44. The van der Waals surface area contributed by atoms with Gasteiger partial charge in [-0.05, 0) is 41.3 Å². The molecule has 0 bridgehead atoms. The van der Waals surface area contributed by atoms with Gasteiger partial charge in [0.2, 0.25) is 6.79 Å². The van der Waals surface area contributed by atoms with E-state index in [2.05, 4.69) is 12.2 Å². The number of hydrogen-bond donors (Lipinski definition) is 1. The molecule has 0 saturated carbocycles. The number of aryl methyl sites for hydroxylation is 1. The van der Waals surface area contributed by atoms with Crippen molar-refractivity contribution in [2.24, 2.45) is 0 Å². The van der Waals surface area contributed by atoms with Gasteiger partial charge in [0.25, 0.3) is 0 Å². The van der Waals surface area contributed by atoms with Crippen molar-refractivity contribution in [3.8, 4) is 11.5 Å². The molecule has 2 aromatic rings. The van der Waals surface area contributed by atoms with Gasteiger partial charge in [-0.15, -0.1) is 0 Å². The lowest BCUT2D eigenvalue weighted by atomic mass is 9.95. The molecule has 0 unspecified atom stereocenters. The number of halogens is 3. The first-order valence-corrected chi connectivity index (χ1v) is 10.5. The molecule has 2 atom stereocenters. The summed E-state index contributed by atoms with van der Waals surface area (Å²) in [6, 6.07) is 11.4. The number of nitrogens with zero attached hydrogens (tertiary/aromatic N) is 2. The second-order valence-corrected chi connectivity index (χ2v) is 8.05. The lowest BCUT2D eigenvalue weighted by Crippen LogP contribution is -2.57. The Morgan fingerprint density at radius 2 is 1.77 bits per heavy atom. The number of fused-ring (bicyclic) bond motifs is 2.